The highest BCUT2D eigenvalue weighted by Gasteiger charge is 2.48. The van der Waals surface area contributed by atoms with Crippen molar-refractivity contribution in [3.8, 4) is 0 Å². The Morgan fingerprint density at radius 2 is 2.06 bits per heavy atom. The zero-order chi connectivity index (χ0) is 13.6. The lowest BCUT2D eigenvalue weighted by atomic mass is 9.66. The first-order valence-corrected chi connectivity index (χ1v) is 6.96. The molecule has 0 saturated carbocycles. The fourth-order valence-corrected chi connectivity index (χ4v) is 3.10. The average Bonchev–Trinajstić information content (AvgIpc) is 2.24. The van der Waals surface area contributed by atoms with Gasteiger partial charge in [0.15, 0.2) is 0 Å². The molecule has 0 bridgehead atoms. The standard InChI is InChI=1S/C14H26N2O2/c1-10-8-14(9-15-11(14)2)6-7-16(10)12(17)18-13(3,4)5/h10-11,15H,6-9H2,1-5H3/t10-,11?,14?/m0/s1. The molecule has 2 saturated heterocycles. The monoisotopic (exact) mass is 254 g/mol. The van der Waals surface area contributed by atoms with Gasteiger partial charge in [0.2, 0.25) is 0 Å². The summed E-state index contributed by atoms with van der Waals surface area (Å²) < 4.78 is 5.47. The molecule has 18 heavy (non-hydrogen) atoms. The number of nitrogens with zero attached hydrogens (tertiary/aromatic N) is 1. The molecule has 1 spiro atoms. The number of nitrogens with one attached hydrogen (secondary N) is 1. The van der Waals surface area contributed by atoms with Crippen molar-refractivity contribution in [3.63, 3.8) is 0 Å². The van der Waals surface area contributed by atoms with E-state index in [1.165, 1.54) is 0 Å². The van der Waals surface area contributed by atoms with Crippen molar-refractivity contribution < 1.29 is 9.53 Å². The van der Waals surface area contributed by atoms with Gasteiger partial charge < -0.3 is 15.0 Å². The van der Waals surface area contributed by atoms with E-state index in [1.807, 2.05) is 25.7 Å². The largest absolute Gasteiger partial charge is 0.444 e. The van der Waals surface area contributed by atoms with Gasteiger partial charge in [-0.15, -0.1) is 0 Å². The summed E-state index contributed by atoms with van der Waals surface area (Å²) in [6.45, 7) is 12.1. The Morgan fingerprint density at radius 3 is 2.44 bits per heavy atom. The molecule has 3 atom stereocenters. The minimum absolute atomic E-state index is 0.162. The van der Waals surface area contributed by atoms with E-state index in [0.29, 0.717) is 11.5 Å². The number of likely N-dealkylation sites (tertiary alicyclic amines) is 1. The molecular formula is C14H26N2O2. The van der Waals surface area contributed by atoms with E-state index < -0.39 is 5.60 Å². The molecule has 0 aromatic carbocycles. The summed E-state index contributed by atoms with van der Waals surface area (Å²) in [6.07, 6.45) is 2.01. The molecule has 2 aliphatic rings. The van der Waals surface area contributed by atoms with Crippen LogP contribution in [0.5, 0.6) is 0 Å². The van der Waals surface area contributed by atoms with E-state index in [4.69, 9.17) is 4.74 Å². The van der Waals surface area contributed by atoms with Crippen LogP contribution in [-0.2, 0) is 4.74 Å². The first-order chi connectivity index (χ1) is 8.23. The lowest BCUT2D eigenvalue weighted by molar-refractivity contribution is -0.0333. The van der Waals surface area contributed by atoms with Gasteiger partial charge in [-0.2, -0.15) is 0 Å². The van der Waals surface area contributed by atoms with Gasteiger partial charge in [0.25, 0.3) is 0 Å². The first-order valence-electron chi connectivity index (χ1n) is 6.96. The number of carbonyl (C=O) groups excluding carboxylic acids is 1. The van der Waals surface area contributed by atoms with E-state index >= 15 is 0 Å². The molecule has 2 heterocycles. The van der Waals surface area contributed by atoms with Crippen LogP contribution in [0, 0.1) is 5.41 Å². The molecule has 2 rings (SSSR count). The number of rotatable bonds is 0. The zero-order valence-electron chi connectivity index (χ0n) is 12.2. The van der Waals surface area contributed by atoms with E-state index in [9.17, 15) is 4.79 Å². The van der Waals surface area contributed by atoms with Crippen molar-refractivity contribution in [2.75, 3.05) is 13.1 Å². The van der Waals surface area contributed by atoms with E-state index in [2.05, 4.69) is 19.2 Å². The third kappa shape index (κ3) is 2.48. The normalized spacial score (nSPS) is 36.4. The summed E-state index contributed by atoms with van der Waals surface area (Å²) in [5.74, 6) is 0. The number of amides is 1. The summed E-state index contributed by atoms with van der Waals surface area (Å²) in [7, 11) is 0. The maximum absolute atomic E-state index is 12.1. The Bertz CT molecular complexity index is 337. The summed E-state index contributed by atoms with van der Waals surface area (Å²) in [5, 5.41) is 3.44. The van der Waals surface area contributed by atoms with Gasteiger partial charge in [0.1, 0.15) is 5.60 Å². The molecule has 0 aromatic rings. The smallest absolute Gasteiger partial charge is 0.410 e. The lowest BCUT2D eigenvalue weighted by Crippen LogP contribution is -2.66. The van der Waals surface area contributed by atoms with Gasteiger partial charge in [0, 0.05) is 30.6 Å². The fraction of sp³-hybridized carbons (Fsp3) is 0.929. The molecule has 1 amide bonds. The topological polar surface area (TPSA) is 41.6 Å². The number of ether oxygens (including phenoxy) is 1. The summed E-state index contributed by atoms with van der Waals surface area (Å²) in [6, 6.07) is 0.860. The maximum atomic E-state index is 12.1. The number of carbonyl (C=O) groups is 1. The minimum atomic E-state index is -0.406. The van der Waals surface area contributed by atoms with Gasteiger partial charge >= 0.3 is 6.09 Å². The Hall–Kier alpha value is -0.770. The Balaban J connectivity index is 1.95. The van der Waals surface area contributed by atoms with Crippen LogP contribution in [0.2, 0.25) is 0 Å². The van der Waals surface area contributed by atoms with Crippen LogP contribution in [0.3, 0.4) is 0 Å². The van der Waals surface area contributed by atoms with Crippen molar-refractivity contribution in [2.24, 2.45) is 5.41 Å². The summed E-state index contributed by atoms with van der Waals surface area (Å²) >= 11 is 0. The van der Waals surface area contributed by atoms with Crippen molar-refractivity contribution >= 4 is 6.09 Å². The minimum Gasteiger partial charge on any atom is -0.444 e. The molecule has 4 heteroatoms. The second-order valence-corrected chi connectivity index (χ2v) is 6.94. The Labute approximate surface area is 110 Å². The SMILES string of the molecule is CC1NCC12CCN(C(=O)OC(C)(C)C)[C@@H](C)C2. The highest BCUT2D eigenvalue weighted by molar-refractivity contribution is 5.68. The van der Waals surface area contributed by atoms with Gasteiger partial charge in [-0.25, -0.2) is 4.79 Å². The predicted octanol–water partition coefficient (Wildman–Crippen LogP) is 2.38. The quantitative estimate of drug-likeness (QED) is 0.721. The molecule has 0 radical (unpaired) electrons. The predicted molar refractivity (Wildman–Crippen MR) is 71.5 cm³/mol. The van der Waals surface area contributed by atoms with Crippen LogP contribution in [-0.4, -0.2) is 41.8 Å². The first kappa shape index (κ1) is 13.7. The molecule has 0 aliphatic carbocycles. The van der Waals surface area contributed by atoms with Crippen LogP contribution in [0.4, 0.5) is 4.79 Å². The molecule has 0 aromatic heterocycles. The van der Waals surface area contributed by atoms with Crippen molar-refractivity contribution in [1.29, 1.82) is 0 Å². The Kier molecular flexibility index (Phi) is 3.34. The molecule has 104 valence electrons. The molecular weight excluding hydrogens is 228 g/mol. The number of hydrogen-bond donors (Lipinski definition) is 1. The van der Waals surface area contributed by atoms with E-state index in [-0.39, 0.29) is 12.1 Å². The zero-order valence-corrected chi connectivity index (χ0v) is 12.2. The maximum Gasteiger partial charge on any atom is 0.410 e. The molecule has 1 N–H and O–H groups in total. The fourth-order valence-electron chi connectivity index (χ4n) is 3.10. The van der Waals surface area contributed by atoms with E-state index in [1.54, 1.807) is 0 Å². The second-order valence-electron chi connectivity index (χ2n) is 6.94. The number of hydrogen-bond acceptors (Lipinski definition) is 3. The third-order valence-corrected chi connectivity index (χ3v) is 4.39. The van der Waals surface area contributed by atoms with Gasteiger partial charge in [-0.3, -0.25) is 0 Å². The lowest BCUT2D eigenvalue weighted by Gasteiger charge is -2.55. The van der Waals surface area contributed by atoms with Gasteiger partial charge in [-0.1, -0.05) is 0 Å². The van der Waals surface area contributed by atoms with Crippen LogP contribution < -0.4 is 5.32 Å². The van der Waals surface area contributed by atoms with Crippen LogP contribution in [0.1, 0.15) is 47.5 Å². The highest BCUT2D eigenvalue weighted by Crippen LogP contribution is 2.42. The number of piperidine rings is 1. The highest BCUT2D eigenvalue weighted by atomic mass is 16.6. The van der Waals surface area contributed by atoms with E-state index in [0.717, 1.165) is 25.9 Å². The second kappa shape index (κ2) is 4.41. The van der Waals surface area contributed by atoms with Gasteiger partial charge in [0.05, 0.1) is 0 Å². The van der Waals surface area contributed by atoms with Crippen molar-refractivity contribution in [2.45, 2.75) is 65.1 Å². The van der Waals surface area contributed by atoms with Crippen molar-refractivity contribution in [1.82, 2.24) is 10.2 Å². The average molecular weight is 254 g/mol. The van der Waals surface area contributed by atoms with Crippen LogP contribution in [0.15, 0.2) is 0 Å². The van der Waals surface area contributed by atoms with Crippen molar-refractivity contribution in [3.05, 3.63) is 0 Å². The summed E-state index contributed by atoms with van der Waals surface area (Å²) in [5.41, 5.74) is 0.00911. The van der Waals surface area contributed by atoms with Gasteiger partial charge in [-0.05, 0) is 47.5 Å². The molecule has 2 aliphatic heterocycles. The molecule has 2 fully saturated rings. The summed E-state index contributed by atoms with van der Waals surface area (Å²) in [4.78, 5) is 14.0. The Morgan fingerprint density at radius 1 is 1.39 bits per heavy atom. The van der Waals surface area contributed by atoms with Crippen LogP contribution in [0.25, 0.3) is 0 Å². The molecule has 4 nitrogen and oxygen atoms in total. The molecule has 2 unspecified atom stereocenters. The third-order valence-electron chi connectivity index (χ3n) is 4.39. The van der Waals surface area contributed by atoms with Crippen LogP contribution >= 0.6 is 0 Å².